The van der Waals surface area contributed by atoms with E-state index in [9.17, 15) is 0 Å². The van der Waals surface area contributed by atoms with Crippen molar-refractivity contribution >= 4 is 9.04 Å². The number of hydrogen-bond donors (Lipinski definition) is 0. The second kappa shape index (κ2) is 7.16. The molecule has 1 radical (unpaired) electrons. The molecule has 2 rings (SSSR count). The minimum absolute atomic E-state index is 0.187. The van der Waals surface area contributed by atoms with Gasteiger partial charge in [-0.15, -0.1) is 0 Å². The number of benzene rings is 1. The van der Waals surface area contributed by atoms with Crippen molar-refractivity contribution in [2.75, 3.05) is 0 Å². The summed E-state index contributed by atoms with van der Waals surface area (Å²) < 4.78 is 12.2. The van der Waals surface area contributed by atoms with Crippen molar-refractivity contribution in [1.82, 2.24) is 0 Å². The van der Waals surface area contributed by atoms with Gasteiger partial charge in [0.25, 0.3) is 9.04 Å². The quantitative estimate of drug-likeness (QED) is 0.698. The Bertz CT molecular complexity index is 423. The van der Waals surface area contributed by atoms with Crippen molar-refractivity contribution in [3.8, 4) is 11.5 Å². The first-order chi connectivity index (χ1) is 9.58. The maximum atomic E-state index is 6.12. The molecule has 0 atom stereocenters. The van der Waals surface area contributed by atoms with Crippen LogP contribution in [-0.4, -0.2) is 15.1 Å². The zero-order valence-corrected chi connectivity index (χ0v) is 14.2. The van der Waals surface area contributed by atoms with E-state index in [0.717, 1.165) is 11.5 Å². The highest BCUT2D eigenvalue weighted by Gasteiger charge is 2.22. The maximum Gasteiger partial charge on any atom is 0.274 e. The Kier molecular flexibility index (Phi) is 5.52. The van der Waals surface area contributed by atoms with Crippen LogP contribution in [-0.2, 0) is 0 Å². The Labute approximate surface area is 125 Å². The van der Waals surface area contributed by atoms with E-state index in [1.54, 1.807) is 0 Å². The summed E-state index contributed by atoms with van der Waals surface area (Å²) in [7, 11) is -0.771. The standard InChI is InChI=1S/C17H27O2Si/c1-13(2)18-17-15(14-9-6-5-7-10-14)11-8-12-16(17)19-20(3)4/h8,11-14H,5-7,9-10H2,1-4H3. The van der Waals surface area contributed by atoms with Crippen LogP contribution in [0.25, 0.3) is 0 Å². The molecule has 2 nitrogen and oxygen atoms in total. The molecule has 0 aromatic heterocycles. The highest BCUT2D eigenvalue weighted by Crippen LogP contribution is 2.42. The van der Waals surface area contributed by atoms with Crippen LogP contribution in [0.2, 0.25) is 13.1 Å². The van der Waals surface area contributed by atoms with Gasteiger partial charge in [0.15, 0.2) is 5.75 Å². The third-order valence-corrected chi connectivity index (χ3v) is 4.35. The van der Waals surface area contributed by atoms with Crippen molar-refractivity contribution in [2.24, 2.45) is 0 Å². The van der Waals surface area contributed by atoms with Crippen LogP contribution >= 0.6 is 0 Å². The molecule has 111 valence electrons. The summed E-state index contributed by atoms with van der Waals surface area (Å²) in [5.74, 6) is 2.59. The average molecular weight is 291 g/mol. The van der Waals surface area contributed by atoms with E-state index in [1.165, 1.54) is 37.7 Å². The van der Waals surface area contributed by atoms with Crippen LogP contribution in [0.5, 0.6) is 11.5 Å². The molecule has 1 aliphatic carbocycles. The summed E-state index contributed by atoms with van der Waals surface area (Å²) in [6.45, 7) is 8.50. The molecule has 20 heavy (non-hydrogen) atoms. The monoisotopic (exact) mass is 291 g/mol. The van der Waals surface area contributed by atoms with Crippen molar-refractivity contribution in [3.05, 3.63) is 23.8 Å². The molecule has 0 bridgehead atoms. The molecule has 0 heterocycles. The molecule has 1 aromatic carbocycles. The van der Waals surface area contributed by atoms with Crippen molar-refractivity contribution in [1.29, 1.82) is 0 Å². The van der Waals surface area contributed by atoms with Crippen molar-refractivity contribution in [3.63, 3.8) is 0 Å². The molecule has 1 saturated carbocycles. The van der Waals surface area contributed by atoms with Crippen LogP contribution in [0.1, 0.15) is 57.4 Å². The normalized spacial score (nSPS) is 16.7. The summed E-state index contributed by atoms with van der Waals surface area (Å²) in [6.07, 6.45) is 6.82. The van der Waals surface area contributed by atoms with Gasteiger partial charge < -0.3 is 9.16 Å². The Morgan fingerprint density at radius 3 is 2.40 bits per heavy atom. The molecule has 0 N–H and O–H groups in total. The topological polar surface area (TPSA) is 18.5 Å². The minimum Gasteiger partial charge on any atom is -0.540 e. The predicted molar refractivity (Wildman–Crippen MR) is 86.1 cm³/mol. The minimum atomic E-state index is -0.771. The molecule has 1 fully saturated rings. The Hall–Kier alpha value is -0.963. The van der Waals surface area contributed by atoms with Gasteiger partial charge in [-0.1, -0.05) is 31.4 Å². The SMILES string of the molecule is CC(C)Oc1c(O[Si](C)C)cccc1C1CCCCC1. The van der Waals surface area contributed by atoms with E-state index >= 15 is 0 Å². The van der Waals surface area contributed by atoms with Gasteiger partial charge in [-0.2, -0.15) is 0 Å². The second-order valence-corrected chi connectivity index (χ2v) is 8.21. The lowest BCUT2D eigenvalue weighted by Crippen LogP contribution is -2.16. The number of para-hydroxylation sites is 1. The smallest absolute Gasteiger partial charge is 0.274 e. The zero-order valence-electron chi connectivity index (χ0n) is 13.2. The van der Waals surface area contributed by atoms with Crippen LogP contribution in [0.15, 0.2) is 18.2 Å². The molecule has 0 spiro atoms. The van der Waals surface area contributed by atoms with Crippen molar-refractivity contribution < 1.29 is 9.16 Å². The summed E-state index contributed by atoms with van der Waals surface area (Å²) in [6, 6.07) is 6.41. The van der Waals surface area contributed by atoms with E-state index < -0.39 is 9.04 Å². The van der Waals surface area contributed by atoms with E-state index in [2.05, 4.69) is 45.1 Å². The van der Waals surface area contributed by atoms with Gasteiger partial charge in [-0.05, 0) is 51.8 Å². The molecule has 1 aliphatic rings. The van der Waals surface area contributed by atoms with Crippen LogP contribution in [0, 0.1) is 0 Å². The second-order valence-electron chi connectivity index (χ2n) is 6.19. The lowest BCUT2D eigenvalue weighted by atomic mass is 9.83. The largest absolute Gasteiger partial charge is 0.540 e. The molecule has 3 heteroatoms. The number of hydrogen-bond acceptors (Lipinski definition) is 2. The van der Waals surface area contributed by atoms with Crippen LogP contribution in [0.3, 0.4) is 0 Å². The summed E-state index contributed by atoms with van der Waals surface area (Å²) in [5, 5.41) is 0. The van der Waals surface area contributed by atoms with E-state index in [1.807, 2.05) is 0 Å². The third kappa shape index (κ3) is 4.01. The van der Waals surface area contributed by atoms with E-state index in [0.29, 0.717) is 5.92 Å². The number of ether oxygens (including phenoxy) is 1. The van der Waals surface area contributed by atoms with Gasteiger partial charge >= 0.3 is 0 Å². The summed E-state index contributed by atoms with van der Waals surface area (Å²) in [4.78, 5) is 0. The van der Waals surface area contributed by atoms with Gasteiger partial charge in [0.1, 0.15) is 5.75 Å². The summed E-state index contributed by atoms with van der Waals surface area (Å²) in [5.41, 5.74) is 1.36. The fourth-order valence-electron chi connectivity index (χ4n) is 2.93. The fraction of sp³-hybridized carbons (Fsp3) is 0.647. The Morgan fingerprint density at radius 1 is 1.10 bits per heavy atom. The summed E-state index contributed by atoms with van der Waals surface area (Å²) >= 11 is 0. The fourth-order valence-corrected chi connectivity index (χ4v) is 3.53. The van der Waals surface area contributed by atoms with Gasteiger partial charge in [0, 0.05) is 5.56 Å². The highest BCUT2D eigenvalue weighted by atomic mass is 28.3. The zero-order chi connectivity index (χ0) is 14.5. The molecule has 1 aromatic rings. The van der Waals surface area contributed by atoms with Crippen molar-refractivity contribution in [2.45, 2.75) is 71.1 Å². The van der Waals surface area contributed by atoms with Crippen LogP contribution in [0.4, 0.5) is 0 Å². The Morgan fingerprint density at radius 2 is 1.80 bits per heavy atom. The lowest BCUT2D eigenvalue weighted by Gasteiger charge is -2.27. The first-order valence-electron chi connectivity index (χ1n) is 7.85. The van der Waals surface area contributed by atoms with Gasteiger partial charge in [0.05, 0.1) is 6.10 Å². The van der Waals surface area contributed by atoms with E-state index in [-0.39, 0.29) is 6.10 Å². The first kappa shape index (κ1) is 15.4. The predicted octanol–water partition coefficient (Wildman–Crippen LogP) is 5.15. The van der Waals surface area contributed by atoms with Crippen LogP contribution < -0.4 is 9.16 Å². The molecule has 0 amide bonds. The third-order valence-electron chi connectivity index (χ3n) is 3.72. The number of rotatable bonds is 5. The lowest BCUT2D eigenvalue weighted by molar-refractivity contribution is 0.230. The molecule has 0 saturated heterocycles. The first-order valence-corrected chi connectivity index (χ1v) is 10.3. The average Bonchev–Trinajstić information content (AvgIpc) is 2.40. The maximum absolute atomic E-state index is 6.12. The van der Waals surface area contributed by atoms with Gasteiger partial charge in [-0.25, -0.2) is 0 Å². The van der Waals surface area contributed by atoms with Gasteiger partial charge in [0.2, 0.25) is 0 Å². The Balaban J connectivity index is 2.32. The molecular weight excluding hydrogens is 264 g/mol. The molecular formula is C17H27O2Si. The molecule has 0 unspecified atom stereocenters. The van der Waals surface area contributed by atoms with Gasteiger partial charge in [-0.3, -0.25) is 0 Å². The highest BCUT2D eigenvalue weighted by molar-refractivity contribution is 6.49. The molecule has 0 aliphatic heterocycles. The van der Waals surface area contributed by atoms with E-state index in [4.69, 9.17) is 9.16 Å².